The van der Waals surface area contributed by atoms with E-state index in [4.69, 9.17) is 5.73 Å². The molecule has 0 saturated carbocycles. The minimum Gasteiger partial charge on any atom is -0.383 e. The molecule has 0 radical (unpaired) electrons. The maximum atomic E-state index is 13.6. The number of rotatable bonds is 8. The van der Waals surface area contributed by atoms with E-state index in [0.29, 0.717) is 11.6 Å². The third kappa shape index (κ3) is 5.58. The number of anilines is 3. The topological polar surface area (TPSA) is 88.3 Å². The number of nitrogens with zero attached hydrogens (tertiary/aromatic N) is 2. The fourth-order valence-electron chi connectivity index (χ4n) is 3.42. The van der Waals surface area contributed by atoms with E-state index in [1.54, 1.807) is 24.3 Å². The predicted molar refractivity (Wildman–Crippen MR) is 132 cm³/mol. The molecule has 3 N–H and O–H groups in total. The minimum atomic E-state index is -3.73. The highest BCUT2D eigenvalue weighted by molar-refractivity contribution is 7.89. The van der Waals surface area contributed by atoms with E-state index < -0.39 is 10.0 Å². The van der Waals surface area contributed by atoms with Crippen molar-refractivity contribution in [2.45, 2.75) is 24.9 Å². The Morgan fingerprint density at radius 1 is 0.788 bits per heavy atom. The van der Waals surface area contributed by atoms with Crippen molar-refractivity contribution in [3.8, 4) is 0 Å². The quantitative estimate of drug-likeness (QED) is 0.383. The number of pyridine rings is 1. The third-order valence-corrected chi connectivity index (χ3v) is 7.11. The largest absolute Gasteiger partial charge is 0.383 e. The molecule has 4 aromatic rings. The molecule has 0 aliphatic carbocycles. The van der Waals surface area contributed by atoms with Crippen LogP contribution in [-0.4, -0.2) is 17.7 Å². The lowest BCUT2D eigenvalue weighted by Crippen LogP contribution is -2.30. The van der Waals surface area contributed by atoms with Gasteiger partial charge in [-0.1, -0.05) is 66.7 Å². The summed E-state index contributed by atoms with van der Waals surface area (Å²) in [7, 11) is -3.73. The van der Waals surface area contributed by atoms with Crippen molar-refractivity contribution in [1.82, 2.24) is 9.29 Å². The number of hydrogen-bond donors (Lipinski definition) is 2. The van der Waals surface area contributed by atoms with Crippen LogP contribution in [0.1, 0.15) is 16.7 Å². The summed E-state index contributed by atoms with van der Waals surface area (Å²) in [4.78, 5) is 4.53. The Morgan fingerprint density at radius 2 is 1.33 bits per heavy atom. The molecule has 0 fully saturated rings. The molecular formula is C26H26N4O2S. The van der Waals surface area contributed by atoms with Gasteiger partial charge in [-0.15, -0.1) is 0 Å². The average Bonchev–Trinajstić information content (AvgIpc) is 2.83. The van der Waals surface area contributed by atoms with Gasteiger partial charge in [-0.25, -0.2) is 13.4 Å². The predicted octanol–water partition coefficient (Wildman–Crippen LogP) is 5.11. The number of nitrogens with one attached hydrogen (secondary N) is 1. The molecule has 7 heteroatoms. The molecule has 0 unspecified atom stereocenters. The van der Waals surface area contributed by atoms with Gasteiger partial charge in [0.15, 0.2) is 0 Å². The van der Waals surface area contributed by atoms with Crippen molar-refractivity contribution in [2.24, 2.45) is 0 Å². The number of hydrogen-bond acceptors (Lipinski definition) is 5. The molecule has 1 heterocycles. The molecule has 0 saturated heterocycles. The highest BCUT2D eigenvalue weighted by Gasteiger charge is 2.25. The number of nitrogens with two attached hydrogens (primary N) is 1. The van der Waals surface area contributed by atoms with Gasteiger partial charge >= 0.3 is 0 Å². The van der Waals surface area contributed by atoms with Gasteiger partial charge in [0.25, 0.3) is 0 Å². The minimum absolute atomic E-state index is 0.233. The SMILES string of the molecule is Cc1ccc(Nc2ccc(S(=O)(=O)N(Cc3ccccc3)Cc3ccccc3)cc2)nc1N. The highest BCUT2D eigenvalue weighted by atomic mass is 32.2. The Hall–Kier alpha value is -3.68. The molecule has 0 atom stereocenters. The van der Waals surface area contributed by atoms with Crippen molar-refractivity contribution in [2.75, 3.05) is 11.1 Å². The van der Waals surface area contributed by atoms with E-state index >= 15 is 0 Å². The van der Waals surface area contributed by atoms with E-state index in [2.05, 4.69) is 10.3 Å². The summed E-state index contributed by atoms with van der Waals surface area (Å²) in [6.45, 7) is 2.46. The molecule has 0 amide bonds. The van der Waals surface area contributed by atoms with Gasteiger partial charge in [-0.2, -0.15) is 4.31 Å². The molecule has 1 aromatic heterocycles. The lowest BCUT2D eigenvalue weighted by atomic mass is 10.2. The summed E-state index contributed by atoms with van der Waals surface area (Å²) in [6, 6.07) is 29.6. The molecular weight excluding hydrogens is 432 g/mol. The zero-order valence-corrected chi connectivity index (χ0v) is 19.2. The van der Waals surface area contributed by atoms with Crippen LogP contribution in [0.15, 0.2) is 102 Å². The van der Waals surface area contributed by atoms with Crippen LogP contribution in [0.3, 0.4) is 0 Å². The third-order valence-electron chi connectivity index (χ3n) is 5.30. The van der Waals surface area contributed by atoms with E-state index in [1.165, 1.54) is 4.31 Å². The Labute approximate surface area is 194 Å². The lowest BCUT2D eigenvalue weighted by molar-refractivity contribution is 0.401. The molecule has 0 bridgehead atoms. The maximum absolute atomic E-state index is 13.6. The first kappa shape index (κ1) is 22.5. The summed E-state index contributed by atoms with van der Waals surface area (Å²) in [5, 5.41) is 3.16. The van der Waals surface area contributed by atoms with Crippen molar-refractivity contribution >= 4 is 27.3 Å². The summed E-state index contributed by atoms with van der Waals surface area (Å²) >= 11 is 0. The summed E-state index contributed by atoms with van der Waals surface area (Å²) in [5.41, 5.74) is 9.36. The highest BCUT2D eigenvalue weighted by Crippen LogP contribution is 2.24. The van der Waals surface area contributed by atoms with Crippen LogP contribution in [0, 0.1) is 6.92 Å². The Bertz CT molecular complexity index is 1270. The molecule has 0 spiro atoms. The number of aromatic nitrogens is 1. The van der Waals surface area contributed by atoms with Crippen LogP contribution in [0.25, 0.3) is 0 Å². The van der Waals surface area contributed by atoms with Gasteiger partial charge in [0.1, 0.15) is 11.6 Å². The molecule has 4 rings (SSSR count). The first-order valence-electron chi connectivity index (χ1n) is 10.6. The second-order valence-corrected chi connectivity index (χ2v) is 9.73. The number of aryl methyl sites for hydroxylation is 1. The normalized spacial score (nSPS) is 11.5. The molecule has 3 aromatic carbocycles. The molecule has 33 heavy (non-hydrogen) atoms. The smallest absolute Gasteiger partial charge is 0.243 e. The van der Waals surface area contributed by atoms with Crippen LogP contribution >= 0.6 is 0 Å². The Kier molecular flexibility index (Phi) is 6.72. The Balaban J connectivity index is 1.58. The average molecular weight is 459 g/mol. The van der Waals surface area contributed by atoms with E-state index in [0.717, 1.165) is 22.4 Å². The second kappa shape index (κ2) is 9.85. The standard InChI is InChI=1S/C26H26N4O2S/c1-20-12-17-25(29-26(20)27)28-23-13-15-24(16-14-23)33(31,32)30(18-21-8-4-2-5-9-21)19-22-10-6-3-7-11-22/h2-17H,18-19H2,1H3,(H3,27,28,29). The van der Waals surface area contributed by atoms with Gasteiger partial charge < -0.3 is 11.1 Å². The van der Waals surface area contributed by atoms with Crippen LogP contribution in [-0.2, 0) is 23.1 Å². The molecule has 0 aliphatic heterocycles. The fraction of sp³-hybridized carbons (Fsp3) is 0.115. The monoisotopic (exact) mass is 458 g/mol. The van der Waals surface area contributed by atoms with E-state index in [9.17, 15) is 8.42 Å². The second-order valence-electron chi connectivity index (χ2n) is 7.79. The number of benzene rings is 3. The first-order chi connectivity index (χ1) is 15.9. The summed E-state index contributed by atoms with van der Waals surface area (Å²) < 4.78 is 28.6. The van der Waals surface area contributed by atoms with Crippen molar-refractivity contribution in [3.05, 3.63) is 114 Å². The summed E-state index contributed by atoms with van der Waals surface area (Å²) in [5.74, 6) is 1.06. The maximum Gasteiger partial charge on any atom is 0.243 e. The van der Waals surface area contributed by atoms with Crippen molar-refractivity contribution in [3.63, 3.8) is 0 Å². The van der Waals surface area contributed by atoms with Gasteiger partial charge in [0.05, 0.1) is 4.90 Å². The van der Waals surface area contributed by atoms with Gasteiger partial charge in [0, 0.05) is 18.8 Å². The van der Waals surface area contributed by atoms with Crippen LogP contribution in [0.5, 0.6) is 0 Å². The van der Waals surface area contributed by atoms with Crippen molar-refractivity contribution < 1.29 is 8.42 Å². The zero-order valence-electron chi connectivity index (χ0n) is 18.3. The number of nitrogen functional groups attached to an aromatic ring is 1. The summed E-state index contributed by atoms with van der Waals surface area (Å²) in [6.07, 6.45) is 0. The molecule has 6 nitrogen and oxygen atoms in total. The van der Waals surface area contributed by atoms with E-state index in [1.807, 2.05) is 79.7 Å². The zero-order chi connectivity index (χ0) is 23.3. The van der Waals surface area contributed by atoms with Gasteiger partial charge in [-0.05, 0) is 53.9 Å². The van der Waals surface area contributed by atoms with Gasteiger partial charge in [-0.3, -0.25) is 0 Å². The fourth-order valence-corrected chi connectivity index (χ4v) is 4.84. The van der Waals surface area contributed by atoms with Crippen LogP contribution in [0.2, 0.25) is 0 Å². The lowest BCUT2D eigenvalue weighted by Gasteiger charge is -2.23. The van der Waals surface area contributed by atoms with Crippen LogP contribution < -0.4 is 11.1 Å². The van der Waals surface area contributed by atoms with Gasteiger partial charge in [0.2, 0.25) is 10.0 Å². The first-order valence-corrected chi connectivity index (χ1v) is 12.0. The molecule has 168 valence electrons. The Morgan fingerprint density at radius 3 is 1.85 bits per heavy atom. The number of sulfonamides is 1. The van der Waals surface area contributed by atoms with E-state index in [-0.39, 0.29) is 18.0 Å². The van der Waals surface area contributed by atoms with Crippen LogP contribution in [0.4, 0.5) is 17.3 Å². The van der Waals surface area contributed by atoms with Crippen molar-refractivity contribution in [1.29, 1.82) is 0 Å². The molecule has 0 aliphatic rings.